The molecule has 4 heteroatoms. The van der Waals surface area contributed by atoms with Crippen LogP contribution in [0.25, 0.3) is 0 Å². The van der Waals surface area contributed by atoms with E-state index >= 15 is 0 Å². The lowest BCUT2D eigenvalue weighted by Crippen LogP contribution is -2.25. The molecule has 17 heavy (non-hydrogen) atoms. The van der Waals surface area contributed by atoms with E-state index in [0.29, 0.717) is 17.3 Å². The first-order valence-electron chi connectivity index (χ1n) is 5.29. The van der Waals surface area contributed by atoms with Gasteiger partial charge < -0.3 is 10.1 Å². The Morgan fingerprint density at radius 1 is 1.59 bits per heavy atom. The van der Waals surface area contributed by atoms with E-state index < -0.39 is 0 Å². The second-order valence-electron chi connectivity index (χ2n) is 3.68. The van der Waals surface area contributed by atoms with Crippen molar-refractivity contribution in [2.24, 2.45) is 0 Å². The first kappa shape index (κ1) is 13.6. The van der Waals surface area contributed by atoms with Crippen molar-refractivity contribution in [1.82, 2.24) is 5.32 Å². The van der Waals surface area contributed by atoms with Gasteiger partial charge >= 0.3 is 0 Å². The predicted molar refractivity (Wildman–Crippen MR) is 69.7 cm³/mol. The molecule has 0 saturated carbocycles. The van der Waals surface area contributed by atoms with Gasteiger partial charge in [0.1, 0.15) is 5.75 Å². The molecule has 1 N–H and O–H groups in total. The molecule has 0 spiro atoms. The molecule has 0 bridgehead atoms. The highest BCUT2D eigenvalue weighted by molar-refractivity contribution is 6.31. The topological polar surface area (TPSA) is 38.3 Å². The molecule has 0 fully saturated rings. The van der Waals surface area contributed by atoms with E-state index in [1.165, 1.54) is 0 Å². The van der Waals surface area contributed by atoms with Crippen LogP contribution >= 0.6 is 11.6 Å². The van der Waals surface area contributed by atoms with Gasteiger partial charge in [-0.1, -0.05) is 17.7 Å². The molecule has 1 aromatic rings. The zero-order valence-corrected chi connectivity index (χ0v) is 10.8. The molecular weight excluding hydrogens is 238 g/mol. The molecule has 1 rings (SSSR count). The number of aryl methyl sites for hydroxylation is 1. The summed E-state index contributed by atoms with van der Waals surface area (Å²) in [5, 5.41) is 3.35. The lowest BCUT2D eigenvalue weighted by atomic mass is 10.1. The standard InChI is InChI=1S/C13H16ClNO2/c1-4-5-15-13(16)8-10-7-11(14)9(2)6-12(10)17-3/h4,6-7H,1,5,8H2,2-3H3,(H,15,16). The monoisotopic (exact) mass is 253 g/mol. The number of benzene rings is 1. The summed E-state index contributed by atoms with van der Waals surface area (Å²) in [5.41, 5.74) is 1.71. The maximum atomic E-state index is 11.6. The van der Waals surface area contributed by atoms with Crippen LogP contribution in [0.3, 0.4) is 0 Å². The van der Waals surface area contributed by atoms with Gasteiger partial charge in [-0.05, 0) is 24.6 Å². The van der Waals surface area contributed by atoms with Crippen LogP contribution in [0.5, 0.6) is 5.75 Å². The fourth-order valence-corrected chi connectivity index (χ4v) is 1.63. The lowest BCUT2D eigenvalue weighted by molar-refractivity contribution is -0.120. The van der Waals surface area contributed by atoms with E-state index in [9.17, 15) is 4.79 Å². The van der Waals surface area contributed by atoms with Crippen LogP contribution in [-0.4, -0.2) is 19.6 Å². The largest absolute Gasteiger partial charge is 0.496 e. The minimum absolute atomic E-state index is 0.0804. The quantitative estimate of drug-likeness (QED) is 0.819. The van der Waals surface area contributed by atoms with Crippen LogP contribution in [0.2, 0.25) is 5.02 Å². The molecule has 0 aliphatic rings. The van der Waals surface area contributed by atoms with Crippen molar-refractivity contribution in [3.05, 3.63) is 40.9 Å². The highest BCUT2D eigenvalue weighted by Crippen LogP contribution is 2.26. The Balaban J connectivity index is 2.85. The highest BCUT2D eigenvalue weighted by atomic mass is 35.5. The van der Waals surface area contributed by atoms with Gasteiger partial charge in [-0.15, -0.1) is 6.58 Å². The fourth-order valence-electron chi connectivity index (χ4n) is 1.45. The van der Waals surface area contributed by atoms with Crippen LogP contribution in [0.4, 0.5) is 0 Å². The number of nitrogens with one attached hydrogen (secondary N) is 1. The molecule has 0 saturated heterocycles. The number of amides is 1. The first-order chi connectivity index (χ1) is 8.08. The van der Waals surface area contributed by atoms with Crippen LogP contribution in [0.1, 0.15) is 11.1 Å². The smallest absolute Gasteiger partial charge is 0.224 e. The van der Waals surface area contributed by atoms with Crippen molar-refractivity contribution in [3.63, 3.8) is 0 Å². The number of halogens is 1. The number of carbonyl (C=O) groups is 1. The Hall–Kier alpha value is -1.48. The zero-order valence-electron chi connectivity index (χ0n) is 10.0. The molecular formula is C13H16ClNO2. The molecule has 1 aromatic carbocycles. The van der Waals surface area contributed by atoms with E-state index in [1.54, 1.807) is 19.3 Å². The normalized spacial score (nSPS) is 9.82. The van der Waals surface area contributed by atoms with E-state index in [-0.39, 0.29) is 12.3 Å². The molecule has 0 aliphatic heterocycles. The first-order valence-corrected chi connectivity index (χ1v) is 5.67. The summed E-state index contributed by atoms with van der Waals surface area (Å²) in [6.07, 6.45) is 1.88. The number of rotatable bonds is 5. The van der Waals surface area contributed by atoms with Crippen LogP contribution in [0, 0.1) is 6.92 Å². The van der Waals surface area contributed by atoms with Gasteiger partial charge in [-0.25, -0.2) is 0 Å². The minimum Gasteiger partial charge on any atom is -0.496 e. The van der Waals surface area contributed by atoms with E-state index in [0.717, 1.165) is 11.1 Å². The Bertz CT molecular complexity index is 430. The minimum atomic E-state index is -0.0804. The van der Waals surface area contributed by atoms with Crippen molar-refractivity contribution >= 4 is 17.5 Å². The predicted octanol–water partition coefficient (Wildman–Crippen LogP) is 2.50. The van der Waals surface area contributed by atoms with Gasteiger partial charge in [0, 0.05) is 17.1 Å². The van der Waals surface area contributed by atoms with Gasteiger partial charge in [0.25, 0.3) is 0 Å². The number of methoxy groups -OCH3 is 1. The van der Waals surface area contributed by atoms with Gasteiger partial charge in [-0.2, -0.15) is 0 Å². The zero-order chi connectivity index (χ0) is 12.8. The molecule has 92 valence electrons. The van der Waals surface area contributed by atoms with Crippen LogP contribution < -0.4 is 10.1 Å². The Morgan fingerprint density at radius 2 is 2.29 bits per heavy atom. The summed E-state index contributed by atoms with van der Waals surface area (Å²) in [7, 11) is 1.58. The van der Waals surface area contributed by atoms with Crippen molar-refractivity contribution < 1.29 is 9.53 Å². The van der Waals surface area contributed by atoms with E-state index in [2.05, 4.69) is 11.9 Å². The molecule has 3 nitrogen and oxygen atoms in total. The number of hydrogen-bond acceptors (Lipinski definition) is 2. The third-order valence-electron chi connectivity index (χ3n) is 2.36. The van der Waals surface area contributed by atoms with Crippen molar-refractivity contribution in [3.8, 4) is 5.75 Å². The van der Waals surface area contributed by atoms with Crippen LogP contribution in [-0.2, 0) is 11.2 Å². The van der Waals surface area contributed by atoms with Gasteiger partial charge in [-0.3, -0.25) is 4.79 Å². The molecule has 0 radical (unpaired) electrons. The summed E-state index contributed by atoms with van der Waals surface area (Å²) in [5.74, 6) is 0.601. The SMILES string of the molecule is C=CCNC(=O)Cc1cc(Cl)c(C)cc1OC. The molecule has 0 unspecified atom stereocenters. The number of carbonyl (C=O) groups excluding carboxylic acids is 1. The summed E-state index contributed by atoms with van der Waals surface area (Å²) in [6, 6.07) is 3.60. The second-order valence-corrected chi connectivity index (χ2v) is 4.09. The maximum absolute atomic E-state index is 11.6. The number of ether oxygens (including phenoxy) is 1. The summed E-state index contributed by atoms with van der Waals surface area (Å²) >= 11 is 6.03. The number of hydrogen-bond donors (Lipinski definition) is 1. The highest BCUT2D eigenvalue weighted by Gasteiger charge is 2.10. The molecule has 0 heterocycles. The van der Waals surface area contributed by atoms with E-state index in [4.69, 9.17) is 16.3 Å². The summed E-state index contributed by atoms with van der Waals surface area (Å²) in [6.45, 7) is 5.89. The Labute approximate surface area is 106 Å². The second kappa shape index (κ2) is 6.30. The molecule has 1 amide bonds. The molecule has 0 aliphatic carbocycles. The van der Waals surface area contributed by atoms with Crippen molar-refractivity contribution in [2.45, 2.75) is 13.3 Å². The molecule has 0 aromatic heterocycles. The van der Waals surface area contributed by atoms with Gasteiger partial charge in [0.15, 0.2) is 0 Å². The van der Waals surface area contributed by atoms with Gasteiger partial charge in [0.2, 0.25) is 5.91 Å². The third kappa shape index (κ3) is 3.79. The average Bonchev–Trinajstić information content (AvgIpc) is 2.31. The third-order valence-corrected chi connectivity index (χ3v) is 2.76. The summed E-state index contributed by atoms with van der Waals surface area (Å²) in [4.78, 5) is 11.6. The maximum Gasteiger partial charge on any atom is 0.224 e. The summed E-state index contributed by atoms with van der Waals surface area (Å²) < 4.78 is 5.23. The van der Waals surface area contributed by atoms with Crippen LogP contribution in [0.15, 0.2) is 24.8 Å². The Kier molecular flexibility index (Phi) is 5.04. The lowest BCUT2D eigenvalue weighted by Gasteiger charge is -2.10. The fraction of sp³-hybridized carbons (Fsp3) is 0.308. The van der Waals surface area contributed by atoms with Crippen molar-refractivity contribution in [2.75, 3.05) is 13.7 Å². The Morgan fingerprint density at radius 3 is 2.88 bits per heavy atom. The van der Waals surface area contributed by atoms with Crippen molar-refractivity contribution in [1.29, 1.82) is 0 Å². The van der Waals surface area contributed by atoms with Gasteiger partial charge in [0.05, 0.1) is 13.5 Å². The average molecular weight is 254 g/mol. The molecule has 0 atom stereocenters. The van der Waals surface area contributed by atoms with E-state index in [1.807, 2.05) is 13.0 Å².